The van der Waals surface area contributed by atoms with Gasteiger partial charge in [0.25, 0.3) is 5.89 Å². The summed E-state index contributed by atoms with van der Waals surface area (Å²) in [7, 11) is 1.54. The van der Waals surface area contributed by atoms with Gasteiger partial charge in [-0.05, 0) is 6.07 Å². The second kappa shape index (κ2) is 4.24. The summed E-state index contributed by atoms with van der Waals surface area (Å²) in [6, 6.07) is 1.75. The molecule has 1 atom stereocenters. The van der Waals surface area contributed by atoms with E-state index in [0.29, 0.717) is 18.3 Å². The molecule has 2 aromatic rings. The van der Waals surface area contributed by atoms with Crippen LogP contribution in [-0.4, -0.2) is 23.8 Å². The fourth-order valence-electron chi connectivity index (χ4n) is 1.17. The molecule has 6 heteroatoms. The van der Waals surface area contributed by atoms with Crippen LogP contribution in [0.2, 0.25) is 0 Å². The first-order valence-corrected chi connectivity index (χ1v) is 4.44. The quantitative estimate of drug-likeness (QED) is 0.807. The zero-order valence-electron chi connectivity index (χ0n) is 8.21. The lowest BCUT2D eigenvalue weighted by molar-refractivity contribution is 0.0804. The first-order chi connectivity index (χ1) is 7.35. The molecule has 1 unspecified atom stereocenters. The molecule has 0 amide bonds. The molecule has 2 heterocycles. The average molecular weight is 209 g/mol. The second-order valence-electron chi connectivity index (χ2n) is 2.93. The molecule has 0 radical (unpaired) electrons. The highest BCUT2D eigenvalue weighted by atomic mass is 16.5. The van der Waals surface area contributed by atoms with Gasteiger partial charge in [-0.2, -0.15) is 4.98 Å². The minimum absolute atomic E-state index is 0.295. The normalized spacial score (nSPS) is 12.9. The monoisotopic (exact) mass is 209 g/mol. The Morgan fingerprint density at radius 2 is 2.47 bits per heavy atom. The molecule has 0 saturated carbocycles. The second-order valence-corrected chi connectivity index (χ2v) is 2.93. The molecule has 6 nitrogen and oxygen atoms in total. The SMILES string of the molecule is COC(CN)c1nc(-c2ccoc2)no1. The smallest absolute Gasteiger partial charge is 0.257 e. The van der Waals surface area contributed by atoms with Gasteiger partial charge in [-0.1, -0.05) is 5.16 Å². The number of hydrogen-bond acceptors (Lipinski definition) is 6. The number of furan rings is 1. The van der Waals surface area contributed by atoms with Crippen molar-refractivity contribution < 1.29 is 13.7 Å². The van der Waals surface area contributed by atoms with E-state index >= 15 is 0 Å². The Hall–Kier alpha value is -1.66. The summed E-state index contributed by atoms with van der Waals surface area (Å²) in [5, 5.41) is 3.79. The Balaban J connectivity index is 2.24. The lowest BCUT2D eigenvalue weighted by Gasteiger charge is -2.05. The molecule has 0 aromatic carbocycles. The van der Waals surface area contributed by atoms with E-state index in [0.717, 1.165) is 5.56 Å². The van der Waals surface area contributed by atoms with Crippen LogP contribution in [0.15, 0.2) is 27.5 Å². The van der Waals surface area contributed by atoms with Crippen LogP contribution < -0.4 is 5.73 Å². The van der Waals surface area contributed by atoms with E-state index < -0.39 is 0 Å². The summed E-state index contributed by atoms with van der Waals surface area (Å²) in [6.45, 7) is 0.295. The first kappa shape index (κ1) is 9.88. The van der Waals surface area contributed by atoms with E-state index in [9.17, 15) is 0 Å². The molecule has 2 N–H and O–H groups in total. The fraction of sp³-hybridized carbons (Fsp3) is 0.333. The molecule has 80 valence electrons. The Kier molecular flexibility index (Phi) is 2.79. The Morgan fingerprint density at radius 3 is 3.07 bits per heavy atom. The van der Waals surface area contributed by atoms with Crippen molar-refractivity contribution in [3.63, 3.8) is 0 Å². The highest BCUT2D eigenvalue weighted by Gasteiger charge is 2.17. The maximum absolute atomic E-state index is 5.47. The third-order valence-electron chi connectivity index (χ3n) is 2.00. The molecule has 0 aliphatic rings. The Morgan fingerprint density at radius 1 is 1.60 bits per heavy atom. The first-order valence-electron chi connectivity index (χ1n) is 4.44. The topological polar surface area (TPSA) is 87.3 Å². The van der Waals surface area contributed by atoms with E-state index in [1.807, 2.05) is 0 Å². The third-order valence-corrected chi connectivity index (χ3v) is 2.00. The maximum atomic E-state index is 5.47. The lowest BCUT2D eigenvalue weighted by Crippen LogP contribution is -2.14. The van der Waals surface area contributed by atoms with E-state index in [2.05, 4.69) is 10.1 Å². The lowest BCUT2D eigenvalue weighted by atomic mass is 10.3. The highest BCUT2D eigenvalue weighted by Crippen LogP contribution is 2.19. The minimum Gasteiger partial charge on any atom is -0.472 e. The van der Waals surface area contributed by atoms with Gasteiger partial charge in [-0.15, -0.1) is 0 Å². The number of nitrogens with zero attached hydrogens (tertiary/aromatic N) is 2. The number of hydrogen-bond donors (Lipinski definition) is 1. The van der Waals surface area contributed by atoms with Gasteiger partial charge in [-0.3, -0.25) is 0 Å². The van der Waals surface area contributed by atoms with Crippen LogP contribution in [0.1, 0.15) is 12.0 Å². The van der Waals surface area contributed by atoms with Crippen molar-refractivity contribution in [2.45, 2.75) is 6.10 Å². The van der Waals surface area contributed by atoms with Gasteiger partial charge in [0, 0.05) is 13.7 Å². The van der Waals surface area contributed by atoms with Crippen LogP contribution in [-0.2, 0) is 4.74 Å². The Labute approximate surface area is 86.0 Å². The Bertz CT molecular complexity index is 406. The molecular weight excluding hydrogens is 198 g/mol. The predicted molar refractivity (Wildman–Crippen MR) is 50.8 cm³/mol. The summed E-state index contributed by atoms with van der Waals surface area (Å²) in [6.07, 6.45) is 2.72. The summed E-state index contributed by atoms with van der Waals surface area (Å²) < 4.78 is 15.0. The molecule has 15 heavy (non-hydrogen) atoms. The zero-order valence-corrected chi connectivity index (χ0v) is 8.21. The van der Waals surface area contributed by atoms with Gasteiger partial charge in [0.1, 0.15) is 12.4 Å². The van der Waals surface area contributed by atoms with Crippen molar-refractivity contribution in [1.29, 1.82) is 0 Å². The van der Waals surface area contributed by atoms with Crippen molar-refractivity contribution in [3.8, 4) is 11.4 Å². The zero-order chi connectivity index (χ0) is 10.7. The fourth-order valence-corrected chi connectivity index (χ4v) is 1.17. The van der Waals surface area contributed by atoms with Crippen molar-refractivity contribution in [1.82, 2.24) is 10.1 Å². The largest absolute Gasteiger partial charge is 0.472 e. The van der Waals surface area contributed by atoms with Gasteiger partial charge in [-0.25, -0.2) is 0 Å². The number of aromatic nitrogens is 2. The van der Waals surface area contributed by atoms with Crippen molar-refractivity contribution in [2.24, 2.45) is 5.73 Å². The summed E-state index contributed by atoms with van der Waals surface area (Å²) in [5.41, 5.74) is 6.23. The average Bonchev–Trinajstić information content (AvgIpc) is 2.89. The van der Waals surface area contributed by atoms with Gasteiger partial charge in [0.15, 0.2) is 0 Å². The maximum Gasteiger partial charge on any atom is 0.257 e. The van der Waals surface area contributed by atoms with Gasteiger partial charge in [0.05, 0.1) is 11.8 Å². The van der Waals surface area contributed by atoms with Crippen molar-refractivity contribution in [3.05, 3.63) is 24.5 Å². The van der Waals surface area contributed by atoms with Crippen LogP contribution in [0.25, 0.3) is 11.4 Å². The molecule has 2 aromatic heterocycles. The molecule has 0 aliphatic carbocycles. The predicted octanol–water partition coefficient (Wildman–Crippen LogP) is 0.976. The number of nitrogens with two attached hydrogens (primary N) is 1. The number of ether oxygens (including phenoxy) is 1. The molecule has 0 spiro atoms. The standard InChI is InChI=1S/C9H11N3O3/c1-13-7(4-10)9-11-8(12-15-9)6-2-3-14-5-6/h2-3,5,7H,4,10H2,1H3. The van der Waals surface area contributed by atoms with Gasteiger partial charge in [0.2, 0.25) is 5.82 Å². The van der Waals surface area contributed by atoms with E-state index in [1.54, 1.807) is 25.7 Å². The molecule has 2 rings (SSSR count). The highest BCUT2D eigenvalue weighted by molar-refractivity contribution is 5.51. The summed E-state index contributed by atoms with van der Waals surface area (Å²) in [4.78, 5) is 4.15. The molecular formula is C9H11N3O3. The molecule has 0 saturated heterocycles. The van der Waals surface area contributed by atoms with Gasteiger partial charge < -0.3 is 19.4 Å². The van der Waals surface area contributed by atoms with E-state index in [1.165, 1.54) is 0 Å². The number of rotatable bonds is 4. The van der Waals surface area contributed by atoms with Gasteiger partial charge >= 0.3 is 0 Å². The van der Waals surface area contributed by atoms with Crippen molar-refractivity contribution >= 4 is 0 Å². The van der Waals surface area contributed by atoms with Crippen LogP contribution >= 0.6 is 0 Å². The van der Waals surface area contributed by atoms with E-state index in [4.69, 9.17) is 19.4 Å². The van der Waals surface area contributed by atoms with E-state index in [-0.39, 0.29) is 6.10 Å². The molecule has 0 aliphatic heterocycles. The third kappa shape index (κ3) is 1.90. The van der Waals surface area contributed by atoms with Crippen molar-refractivity contribution in [2.75, 3.05) is 13.7 Å². The summed E-state index contributed by atoms with van der Waals surface area (Å²) >= 11 is 0. The van der Waals surface area contributed by atoms with Crippen LogP contribution in [0, 0.1) is 0 Å². The van der Waals surface area contributed by atoms with Crippen LogP contribution in [0.5, 0.6) is 0 Å². The molecule has 0 fully saturated rings. The minimum atomic E-state index is -0.363. The van der Waals surface area contributed by atoms with Crippen LogP contribution in [0.3, 0.4) is 0 Å². The summed E-state index contributed by atoms with van der Waals surface area (Å²) in [5.74, 6) is 0.838. The van der Waals surface area contributed by atoms with Crippen LogP contribution in [0.4, 0.5) is 0 Å². The molecule has 0 bridgehead atoms. The number of methoxy groups -OCH3 is 1.